The Labute approximate surface area is 101 Å². The molecule has 1 aromatic carbocycles. The van der Waals surface area contributed by atoms with Crippen LogP contribution in [-0.4, -0.2) is 18.2 Å². The lowest BCUT2D eigenvalue weighted by Crippen LogP contribution is -2.16. The zero-order valence-electron chi connectivity index (χ0n) is 10.00. The van der Waals surface area contributed by atoms with E-state index >= 15 is 0 Å². The minimum atomic E-state index is -3.44. The number of hydrogen-bond acceptors (Lipinski definition) is 4. The highest BCUT2D eigenvalue weighted by Crippen LogP contribution is 2.42. The highest BCUT2D eigenvalue weighted by atomic mass is 31.2. The minimum absolute atomic E-state index is 0. The average Bonchev–Trinajstić information content (AvgIpc) is 2.67. The third-order valence-electron chi connectivity index (χ3n) is 2.49. The molecule has 0 radical (unpaired) electrons. The van der Waals surface area contributed by atoms with Crippen molar-refractivity contribution < 1.29 is 14.3 Å². The molecular weight excluding hydrogens is 239 g/mol. The van der Waals surface area contributed by atoms with Gasteiger partial charge < -0.3 is 20.4 Å². The van der Waals surface area contributed by atoms with E-state index in [1.165, 1.54) is 6.66 Å². The summed E-state index contributed by atoms with van der Waals surface area (Å²) >= 11 is 0. The number of oxime groups is 1. The van der Waals surface area contributed by atoms with E-state index in [1.54, 1.807) is 0 Å². The number of hydrogen-bond donors (Lipinski definition) is 1. The molecule has 0 aromatic heterocycles. The van der Waals surface area contributed by atoms with Crippen LogP contribution < -0.4 is 11.0 Å². The Morgan fingerprint density at radius 2 is 2.12 bits per heavy atom. The maximum Gasteiger partial charge on any atom is 0.171 e. The van der Waals surface area contributed by atoms with Crippen LogP contribution in [0.25, 0.3) is 0 Å². The molecule has 1 aromatic rings. The van der Waals surface area contributed by atoms with Gasteiger partial charge in [0.05, 0.1) is 13.1 Å². The lowest BCUT2D eigenvalue weighted by Gasteiger charge is -2.22. The number of rotatable bonds is 3. The van der Waals surface area contributed by atoms with Crippen LogP contribution >= 0.6 is 7.37 Å². The molecule has 1 heterocycles. The minimum Gasteiger partial charge on any atom is -0.797 e. The summed E-state index contributed by atoms with van der Waals surface area (Å²) in [4.78, 5) is 16.2. The fraction of sp³-hybridized carbons (Fsp3) is 0.364. The van der Waals surface area contributed by atoms with E-state index in [-0.39, 0.29) is 6.15 Å². The van der Waals surface area contributed by atoms with Gasteiger partial charge in [0.1, 0.15) is 0 Å². The Hall–Kier alpha value is -1.16. The molecule has 0 saturated heterocycles. The van der Waals surface area contributed by atoms with Gasteiger partial charge in [0.25, 0.3) is 0 Å². The van der Waals surface area contributed by atoms with Crippen LogP contribution in [0.4, 0.5) is 0 Å². The molecule has 2 rings (SSSR count). The first kappa shape index (κ1) is 13.9. The van der Waals surface area contributed by atoms with Crippen molar-refractivity contribution in [3.8, 4) is 0 Å². The molecular formula is C11H17N2O3P. The quantitative estimate of drug-likeness (QED) is 0.837. The average molecular weight is 256 g/mol. The second-order valence-corrected chi connectivity index (χ2v) is 6.39. The fourth-order valence-corrected chi connectivity index (χ4v) is 2.36. The molecule has 1 aliphatic rings. The Morgan fingerprint density at radius 3 is 2.65 bits per heavy atom. The van der Waals surface area contributed by atoms with E-state index in [9.17, 15) is 9.46 Å². The predicted octanol–water partition coefficient (Wildman–Crippen LogP) is 1.98. The van der Waals surface area contributed by atoms with Crippen LogP contribution in [0.15, 0.2) is 35.5 Å². The second-order valence-electron chi connectivity index (χ2n) is 3.99. The van der Waals surface area contributed by atoms with Crippen LogP contribution in [-0.2, 0) is 15.8 Å². The standard InChI is InChI=1S/C11H14NO3P.H3N/c1-16(13,14)11-8-10(12-15-11)7-9-5-3-2-4-6-9;/h2-6,11H,7-8H2,1H3,(H,13,14);1H3. The lowest BCUT2D eigenvalue weighted by molar-refractivity contribution is -0.182. The van der Waals surface area contributed by atoms with Gasteiger partial charge in [-0.15, -0.1) is 0 Å². The number of quaternary nitrogens is 1. The Kier molecular flexibility index (Phi) is 4.46. The summed E-state index contributed by atoms with van der Waals surface area (Å²) in [6.45, 7) is 1.19. The summed E-state index contributed by atoms with van der Waals surface area (Å²) in [5, 5.41) is 3.82. The van der Waals surface area contributed by atoms with Crippen LogP contribution in [0.1, 0.15) is 12.0 Å². The van der Waals surface area contributed by atoms with Crippen molar-refractivity contribution in [2.24, 2.45) is 5.16 Å². The van der Waals surface area contributed by atoms with Gasteiger partial charge in [0, 0.05) is 12.8 Å². The van der Waals surface area contributed by atoms with Gasteiger partial charge in [-0.25, -0.2) is 0 Å². The summed E-state index contributed by atoms with van der Waals surface area (Å²) in [6, 6.07) is 9.80. The molecule has 6 heteroatoms. The maximum atomic E-state index is 11.3. The van der Waals surface area contributed by atoms with E-state index < -0.39 is 13.2 Å². The van der Waals surface area contributed by atoms with Crippen LogP contribution in [0.2, 0.25) is 0 Å². The van der Waals surface area contributed by atoms with E-state index in [1.807, 2.05) is 30.3 Å². The third-order valence-corrected chi connectivity index (χ3v) is 3.81. The third kappa shape index (κ3) is 3.66. The largest absolute Gasteiger partial charge is 0.797 e. The van der Waals surface area contributed by atoms with Gasteiger partial charge >= 0.3 is 0 Å². The number of nitrogens with zero attached hydrogens (tertiary/aromatic N) is 1. The topological polar surface area (TPSA) is 98.2 Å². The van der Waals surface area contributed by atoms with E-state index in [4.69, 9.17) is 4.84 Å². The van der Waals surface area contributed by atoms with Gasteiger partial charge in [-0.2, -0.15) is 0 Å². The first-order valence-electron chi connectivity index (χ1n) is 5.09. The van der Waals surface area contributed by atoms with Crippen molar-refractivity contribution in [2.45, 2.75) is 18.7 Å². The zero-order valence-corrected chi connectivity index (χ0v) is 10.9. The first-order chi connectivity index (χ1) is 7.55. The lowest BCUT2D eigenvalue weighted by atomic mass is 10.1. The summed E-state index contributed by atoms with van der Waals surface area (Å²) in [5.41, 5.74) is 1.90. The molecule has 0 amide bonds. The fourth-order valence-electron chi connectivity index (χ4n) is 1.60. The van der Waals surface area contributed by atoms with Gasteiger partial charge in [-0.05, 0) is 12.2 Å². The zero-order chi connectivity index (χ0) is 11.6. The molecule has 5 nitrogen and oxygen atoms in total. The van der Waals surface area contributed by atoms with E-state index in [0.29, 0.717) is 12.8 Å². The molecule has 0 bridgehead atoms. The molecule has 4 N–H and O–H groups in total. The second kappa shape index (κ2) is 5.45. The van der Waals surface area contributed by atoms with E-state index in [0.717, 1.165) is 11.3 Å². The Balaban J connectivity index is 0.00000144. The summed E-state index contributed by atoms with van der Waals surface area (Å²) in [6.07, 6.45) is 1.03. The summed E-state index contributed by atoms with van der Waals surface area (Å²) in [5.74, 6) is -0.772. The predicted molar refractivity (Wildman–Crippen MR) is 66.6 cm³/mol. The van der Waals surface area contributed by atoms with Crippen molar-refractivity contribution in [1.82, 2.24) is 6.15 Å². The molecule has 0 aliphatic carbocycles. The maximum absolute atomic E-state index is 11.3. The molecule has 0 spiro atoms. The normalized spacial score (nSPS) is 22.0. The molecule has 17 heavy (non-hydrogen) atoms. The van der Waals surface area contributed by atoms with Gasteiger partial charge in [-0.1, -0.05) is 35.5 Å². The van der Waals surface area contributed by atoms with Gasteiger partial charge in [0.2, 0.25) is 0 Å². The highest BCUT2D eigenvalue weighted by Gasteiger charge is 2.27. The smallest absolute Gasteiger partial charge is 0.171 e. The van der Waals surface area contributed by atoms with Crippen molar-refractivity contribution in [3.05, 3.63) is 35.9 Å². The first-order valence-corrected chi connectivity index (χ1v) is 7.23. The van der Waals surface area contributed by atoms with Gasteiger partial charge in [0.15, 0.2) is 5.85 Å². The molecule has 2 unspecified atom stereocenters. The summed E-state index contributed by atoms with van der Waals surface area (Å²) in [7, 11) is -3.44. The molecule has 1 aliphatic heterocycles. The van der Waals surface area contributed by atoms with Gasteiger partial charge in [-0.3, -0.25) is 0 Å². The Morgan fingerprint density at radius 1 is 1.47 bits per heavy atom. The summed E-state index contributed by atoms with van der Waals surface area (Å²) < 4.78 is 11.3. The van der Waals surface area contributed by atoms with Crippen LogP contribution in [0, 0.1) is 0 Å². The molecule has 0 saturated carbocycles. The SMILES string of the molecule is CP(=O)([O-])C1CC(Cc2ccccc2)=NO1.[NH4+]. The molecule has 0 fully saturated rings. The monoisotopic (exact) mass is 256 g/mol. The Bertz CT molecular complexity index is 441. The number of benzene rings is 1. The molecule has 2 atom stereocenters. The van der Waals surface area contributed by atoms with Crippen molar-refractivity contribution >= 4 is 13.1 Å². The van der Waals surface area contributed by atoms with E-state index in [2.05, 4.69) is 5.16 Å². The van der Waals surface area contributed by atoms with Crippen molar-refractivity contribution in [2.75, 3.05) is 6.66 Å². The molecule has 94 valence electrons. The van der Waals surface area contributed by atoms with Crippen molar-refractivity contribution in [3.63, 3.8) is 0 Å². The van der Waals surface area contributed by atoms with Crippen LogP contribution in [0.5, 0.6) is 0 Å². The van der Waals surface area contributed by atoms with Crippen LogP contribution in [0.3, 0.4) is 0 Å². The highest BCUT2D eigenvalue weighted by molar-refractivity contribution is 7.56. The van der Waals surface area contributed by atoms with Crippen molar-refractivity contribution in [1.29, 1.82) is 0 Å².